The van der Waals surface area contributed by atoms with Gasteiger partial charge in [-0.2, -0.15) is 0 Å². The van der Waals surface area contributed by atoms with Gasteiger partial charge in [0.1, 0.15) is 5.82 Å². The SMILES string of the molecule is O=C(Nc1cc2c(cn1)CCCC2)NC1CCC(C(=O)O)CC1. The minimum absolute atomic E-state index is 0.0447. The van der Waals surface area contributed by atoms with Crippen LogP contribution in [0.5, 0.6) is 0 Å². The Kier molecular flexibility index (Phi) is 4.79. The smallest absolute Gasteiger partial charge is 0.320 e. The molecule has 23 heavy (non-hydrogen) atoms. The number of nitrogens with one attached hydrogen (secondary N) is 2. The van der Waals surface area contributed by atoms with Crippen LogP contribution in [0.1, 0.15) is 49.7 Å². The molecular formula is C17H23N3O3. The highest BCUT2D eigenvalue weighted by molar-refractivity contribution is 5.88. The molecule has 1 heterocycles. The van der Waals surface area contributed by atoms with Crippen molar-refractivity contribution in [2.24, 2.45) is 5.92 Å². The molecule has 0 aromatic carbocycles. The van der Waals surface area contributed by atoms with E-state index in [2.05, 4.69) is 15.6 Å². The summed E-state index contributed by atoms with van der Waals surface area (Å²) >= 11 is 0. The third-order valence-electron chi connectivity index (χ3n) is 4.88. The van der Waals surface area contributed by atoms with Crippen molar-refractivity contribution in [2.45, 2.75) is 57.4 Å². The molecule has 0 spiro atoms. The maximum Gasteiger partial charge on any atom is 0.320 e. The molecule has 1 saturated carbocycles. The van der Waals surface area contributed by atoms with Crippen LogP contribution in [0.25, 0.3) is 0 Å². The molecule has 2 amide bonds. The first-order valence-electron chi connectivity index (χ1n) is 8.40. The van der Waals surface area contributed by atoms with Gasteiger partial charge in [0, 0.05) is 12.2 Å². The second-order valence-corrected chi connectivity index (χ2v) is 6.53. The molecule has 0 radical (unpaired) electrons. The predicted octanol–water partition coefficient (Wildman–Crippen LogP) is 2.73. The van der Waals surface area contributed by atoms with Crippen molar-refractivity contribution in [3.8, 4) is 0 Å². The standard InChI is InChI=1S/C17H23N3O3/c21-16(22)11-5-7-14(8-6-11)19-17(23)20-15-9-12-3-1-2-4-13(12)10-18-15/h9-11,14H,1-8H2,(H,21,22)(H2,18,19,20,23). The molecule has 0 unspecified atom stereocenters. The summed E-state index contributed by atoms with van der Waals surface area (Å²) in [7, 11) is 0. The van der Waals surface area contributed by atoms with E-state index in [-0.39, 0.29) is 18.0 Å². The van der Waals surface area contributed by atoms with Crippen molar-refractivity contribution < 1.29 is 14.7 Å². The summed E-state index contributed by atoms with van der Waals surface area (Å²) < 4.78 is 0. The number of hydrogen-bond donors (Lipinski definition) is 3. The van der Waals surface area contributed by atoms with Crippen LogP contribution in [0.3, 0.4) is 0 Å². The lowest BCUT2D eigenvalue weighted by atomic mass is 9.86. The molecule has 6 nitrogen and oxygen atoms in total. The fraction of sp³-hybridized carbons (Fsp3) is 0.588. The van der Waals surface area contributed by atoms with Crippen LogP contribution in [-0.4, -0.2) is 28.1 Å². The van der Waals surface area contributed by atoms with E-state index >= 15 is 0 Å². The zero-order valence-corrected chi connectivity index (χ0v) is 13.2. The van der Waals surface area contributed by atoms with Gasteiger partial charge in [0.05, 0.1) is 5.92 Å². The Balaban J connectivity index is 1.51. The van der Waals surface area contributed by atoms with Crippen LogP contribution >= 0.6 is 0 Å². The van der Waals surface area contributed by atoms with Crippen LogP contribution in [0.15, 0.2) is 12.3 Å². The van der Waals surface area contributed by atoms with Gasteiger partial charge in [-0.3, -0.25) is 10.1 Å². The number of aryl methyl sites for hydroxylation is 2. The molecular weight excluding hydrogens is 294 g/mol. The van der Waals surface area contributed by atoms with E-state index < -0.39 is 5.97 Å². The minimum Gasteiger partial charge on any atom is -0.481 e. The molecule has 1 fully saturated rings. The van der Waals surface area contributed by atoms with E-state index in [1.165, 1.54) is 24.0 Å². The van der Waals surface area contributed by atoms with Crippen molar-refractivity contribution in [1.29, 1.82) is 0 Å². The van der Waals surface area contributed by atoms with Crippen LogP contribution in [-0.2, 0) is 17.6 Å². The van der Waals surface area contributed by atoms with E-state index in [0.29, 0.717) is 31.5 Å². The van der Waals surface area contributed by atoms with Crippen LogP contribution in [0, 0.1) is 5.92 Å². The number of fused-ring (bicyclic) bond motifs is 1. The zero-order chi connectivity index (χ0) is 16.2. The highest BCUT2D eigenvalue weighted by atomic mass is 16.4. The molecule has 1 aromatic rings. The van der Waals surface area contributed by atoms with Crippen molar-refractivity contribution in [1.82, 2.24) is 10.3 Å². The number of urea groups is 1. The van der Waals surface area contributed by atoms with E-state index in [4.69, 9.17) is 5.11 Å². The first-order valence-corrected chi connectivity index (χ1v) is 8.40. The monoisotopic (exact) mass is 317 g/mol. The number of pyridine rings is 1. The molecule has 0 saturated heterocycles. The summed E-state index contributed by atoms with van der Waals surface area (Å²) in [5, 5.41) is 14.7. The third-order valence-corrected chi connectivity index (χ3v) is 4.88. The summed E-state index contributed by atoms with van der Waals surface area (Å²) in [5.41, 5.74) is 2.57. The van der Waals surface area contributed by atoms with E-state index in [0.717, 1.165) is 12.8 Å². The van der Waals surface area contributed by atoms with Gasteiger partial charge in [-0.15, -0.1) is 0 Å². The Morgan fingerprint density at radius 3 is 2.48 bits per heavy atom. The second kappa shape index (κ2) is 6.98. The van der Waals surface area contributed by atoms with Gasteiger partial charge in [-0.25, -0.2) is 9.78 Å². The second-order valence-electron chi connectivity index (χ2n) is 6.53. The normalized spacial score (nSPS) is 23.7. The lowest BCUT2D eigenvalue weighted by molar-refractivity contribution is -0.142. The molecule has 3 N–H and O–H groups in total. The van der Waals surface area contributed by atoms with Crippen LogP contribution in [0.2, 0.25) is 0 Å². The van der Waals surface area contributed by atoms with Gasteiger partial charge in [0.2, 0.25) is 0 Å². The van der Waals surface area contributed by atoms with Crippen LogP contribution in [0.4, 0.5) is 10.6 Å². The van der Waals surface area contributed by atoms with Gasteiger partial charge in [0.15, 0.2) is 0 Å². The fourth-order valence-corrected chi connectivity index (χ4v) is 3.50. The number of carbonyl (C=O) groups is 2. The topological polar surface area (TPSA) is 91.3 Å². The predicted molar refractivity (Wildman–Crippen MR) is 86.4 cm³/mol. The van der Waals surface area contributed by atoms with Gasteiger partial charge < -0.3 is 10.4 Å². The Morgan fingerprint density at radius 2 is 1.78 bits per heavy atom. The first-order chi connectivity index (χ1) is 11.1. The maximum atomic E-state index is 12.1. The van der Waals surface area contributed by atoms with Gasteiger partial charge in [-0.1, -0.05) is 0 Å². The Hall–Kier alpha value is -2.11. The number of nitrogens with zero attached hydrogens (tertiary/aromatic N) is 1. The maximum absolute atomic E-state index is 12.1. The summed E-state index contributed by atoms with van der Waals surface area (Å²) in [5.74, 6) is -0.410. The Bertz CT molecular complexity index is 595. The van der Waals surface area contributed by atoms with Gasteiger partial charge in [-0.05, 0) is 68.6 Å². The molecule has 0 aliphatic heterocycles. The number of rotatable bonds is 3. The van der Waals surface area contributed by atoms with E-state index in [1.807, 2.05) is 12.3 Å². The first kappa shape index (κ1) is 15.8. The fourth-order valence-electron chi connectivity index (χ4n) is 3.50. The Morgan fingerprint density at radius 1 is 1.09 bits per heavy atom. The molecule has 2 aliphatic carbocycles. The van der Waals surface area contributed by atoms with Gasteiger partial charge in [0.25, 0.3) is 0 Å². The average Bonchev–Trinajstić information content (AvgIpc) is 2.55. The quantitative estimate of drug-likeness (QED) is 0.799. The van der Waals surface area contributed by atoms with Gasteiger partial charge >= 0.3 is 12.0 Å². The number of aromatic nitrogens is 1. The van der Waals surface area contributed by atoms with Crippen molar-refractivity contribution in [2.75, 3.05) is 5.32 Å². The number of aliphatic carboxylic acids is 1. The lowest BCUT2D eigenvalue weighted by Crippen LogP contribution is -2.41. The third kappa shape index (κ3) is 4.00. The number of hydrogen-bond acceptors (Lipinski definition) is 3. The highest BCUT2D eigenvalue weighted by Gasteiger charge is 2.26. The average molecular weight is 317 g/mol. The Labute approximate surface area is 135 Å². The zero-order valence-electron chi connectivity index (χ0n) is 13.2. The lowest BCUT2D eigenvalue weighted by Gasteiger charge is -2.26. The number of amides is 2. The molecule has 6 heteroatoms. The summed E-state index contributed by atoms with van der Waals surface area (Å²) in [6.45, 7) is 0. The molecule has 2 aliphatic rings. The van der Waals surface area contributed by atoms with E-state index in [9.17, 15) is 9.59 Å². The number of carboxylic acid groups (broad SMARTS) is 1. The minimum atomic E-state index is -0.730. The number of carbonyl (C=O) groups excluding carboxylic acids is 1. The molecule has 124 valence electrons. The van der Waals surface area contributed by atoms with E-state index in [1.54, 1.807) is 0 Å². The number of carboxylic acids is 1. The molecule has 1 aromatic heterocycles. The molecule has 0 bridgehead atoms. The number of anilines is 1. The largest absolute Gasteiger partial charge is 0.481 e. The van der Waals surface area contributed by atoms with Crippen molar-refractivity contribution in [3.05, 3.63) is 23.4 Å². The highest BCUT2D eigenvalue weighted by Crippen LogP contribution is 2.25. The summed E-state index contributed by atoms with van der Waals surface area (Å²) in [6, 6.07) is 1.75. The summed E-state index contributed by atoms with van der Waals surface area (Å²) in [4.78, 5) is 27.3. The molecule has 3 rings (SSSR count). The molecule has 0 atom stereocenters. The van der Waals surface area contributed by atoms with Crippen LogP contribution < -0.4 is 10.6 Å². The summed E-state index contributed by atoms with van der Waals surface area (Å²) in [6.07, 6.45) is 9.05. The van der Waals surface area contributed by atoms with Crippen molar-refractivity contribution >= 4 is 17.8 Å². The van der Waals surface area contributed by atoms with Crippen molar-refractivity contribution in [3.63, 3.8) is 0 Å².